The summed E-state index contributed by atoms with van der Waals surface area (Å²) < 4.78 is 24.5. The van der Waals surface area contributed by atoms with Gasteiger partial charge in [-0.05, 0) is 29.5 Å². The molecule has 0 fully saturated rings. The van der Waals surface area contributed by atoms with Gasteiger partial charge >= 0.3 is 0 Å². The van der Waals surface area contributed by atoms with Gasteiger partial charge in [0.15, 0.2) is 0 Å². The van der Waals surface area contributed by atoms with Gasteiger partial charge in [-0.15, -0.1) is 0 Å². The number of hydrogen-bond donors (Lipinski definition) is 2. The summed E-state index contributed by atoms with van der Waals surface area (Å²) in [4.78, 5) is 0.386. The molecule has 2 aromatic rings. The van der Waals surface area contributed by atoms with Crippen molar-refractivity contribution in [3.05, 3.63) is 59.7 Å². The fourth-order valence-corrected chi connectivity index (χ4v) is 3.04. The number of nitrogens with one attached hydrogen (secondary N) is 1. The molecule has 0 saturated heterocycles. The minimum Gasteiger partial charge on any atom is -0.389 e. The highest BCUT2D eigenvalue weighted by Gasteiger charge is 2.06. The molecule has 0 saturated carbocycles. The largest absolute Gasteiger partial charge is 0.389 e. The van der Waals surface area contributed by atoms with E-state index >= 15 is 0 Å². The summed E-state index contributed by atoms with van der Waals surface area (Å²) in [5.74, 6) is 0. The lowest BCUT2D eigenvalue weighted by molar-refractivity contribution is 0.585. The van der Waals surface area contributed by atoms with E-state index in [1.54, 1.807) is 0 Å². The van der Waals surface area contributed by atoms with Gasteiger partial charge in [0.05, 0.1) is 6.26 Å². The maximum Gasteiger partial charge on any atom is 0.208 e. The number of sulfonamides is 1. The molecule has 122 valence electrons. The Morgan fingerprint density at radius 1 is 1.13 bits per heavy atom. The molecule has 0 amide bonds. The van der Waals surface area contributed by atoms with Crippen molar-refractivity contribution in [3.63, 3.8) is 0 Å². The van der Waals surface area contributed by atoms with E-state index in [0.29, 0.717) is 11.5 Å². The van der Waals surface area contributed by atoms with Crippen LogP contribution < -0.4 is 10.5 Å². The number of rotatable bonds is 7. The van der Waals surface area contributed by atoms with Gasteiger partial charge in [0.1, 0.15) is 4.99 Å². The molecule has 0 aliphatic rings. The average molecular weight is 348 g/mol. The van der Waals surface area contributed by atoms with Crippen LogP contribution in [0.4, 0.5) is 0 Å². The Morgan fingerprint density at radius 2 is 1.78 bits per heavy atom. The van der Waals surface area contributed by atoms with Gasteiger partial charge < -0.3 is 5.73 Å². The van der Waals surface area contributed by atoms with E-state index in [-0.39, 0.29) is 0 Å². The Balaban J connectivity index is 2.04. The molecule has 0 atom stereocenters. The standard InChI is InChI=1S/C17H20N2O2S2/c1-23(20,21)19-12-4-5-13-8-10-14(11-9-13)15-6-2-3-7-16(15)17(18)22/h2-3,6-11,19H,4-5,12H2,1H3,(H2,18,22). The lowest BCUT2D eigenvalue weighted by Gasteiger charge is -2.09. The van der Waals surface area contributed by atoms with Crippen molar-refractivity contribution in [1.29, 1.82) is 0 Å². The Bertz CT molecular complexity index is 784. The molecule has 2 rings (SSSR count). The molecule has 0 aromatic heterocycles. The molecule has 0 aliphatic heterocycles. The highest BCUT2D eigenvalue weighted by molar-refractivity contribution is 7.88. The molecule has 3 N–H and O–H groups in total. The van der Waals surface area contributed by atoms with Crippen LogP contribution in [-0.2, 0) is 16.4 Å². The van der Waals surface area contributed by atoms with Crippen molar-refractivity contribution in [1.82, 2.24) is 4.72 Å². The molecule has 0 heterocycles. The Morgan fingerprint density at radius 3 is 2.39 bits per heavy atom. The van der Waals surface area contributed by atoms with E-state index in [0.717, 1.165) is 35.1 Å². The molecule has 0 radical (unpaired) electrons. The van der Waals surface area contributed by atoms with Crippen molar-refractivity contribution in [2.24, 2.45) is 5.73 Å². The molecule has 6 heteroatoms. The van der Waals surface area contributed by atoms with Gasteiger partial charge in [0.25, 0.3) is 0 Å². The zero-order valence-electron chi connectivity index (χ0n) is 13.0. The molecule has 2 aromatic carbocycles. The summed E-state index contributed by atoms with van der Waals surface area (Å²) >= 11 is 5.10. The van der Waals surface area contributed by atoms with Crippen LogP contribution in [0.2, 0.25) is 0 Å². The lowest BCUT2D eigenvalue weighted by Crippen LogP contribution is -2.23. The summed E-state index contributed by atoms with van der Waals surface area (Å²) in [5.41, 5.74) is 9.89. The van der Waals surface area contributed by atoms with Gasteiger partial charge in [-0.25, -0.2) is 13.1 Å². The Labute approximate surface area is 142 Å². The summed E-state index contributed by atoms with van der Waals surface area (Å²) in [6.07, 6.45) is 2.75. The number of hydrogen-bond acceptors (Lipinski definition) is 3. The van der Waals surface area contributed by atoms with E-state index in [9.17, 15) is 8.42 Å². The van der Waals surface area contributed by atoms with Crippen LogP contribution in [0.1, 0.15) is 17.5 Å². The predicted octanol–water partition coefficient (Wildman–Crippen LogP) is 2.47. The van der Waals surface area contributed by atoms with Crippen LogP contribution in [-0.4, -0.2) is 26.2 Å². The average Bonchev–Trinajstić information content (AvgIpc) is 2.51. The fourth-order valence-electron chi connectivity index (χ4n) is 2.35. The van der Waals surface area contributed by atoms with E-state index < -0.39 is 10.0 Å². The van der Waals surface area contributed by atoms with Gasteiger partial charge in [0, 0.05) is 12.1 Å². The third-order valence-corrected chi connectivity index (χ3v) is 4.41. The van der Waals surface area contributed by atoms with Crippen LogP contribution in [0.5, 0.6) is 0 Å². The SMILES string of the molecule is CS(=O)(=O)NCCCc1ccc(-c2ccccc2C(N)=S)cc1. The van der Waals surface area contributed by atoms with E-state index in [4.69, 9.17) is 18.0 Å². The van der Waals surface area contributed by atoms with Gasteiger partial charge in [-0.1, -0.05) is 60.7 Å². The molecule has 23 heavy (non-hydrogen) atoms. The highest BCUT2D eigenvalue weighted by Crippen LogP contribution is 2.24. The van der Waals surface area contributed by atoms with Gasteiger partial charge in [0.2, 0.25) is 10.0 Å². The van der Waals surface area contributed by atoms with Crippen molar-refractivity contribution in [2.45, 2.75) is 12.8 Å². The Hall–Kier alpha value is -1.76. The van der Waals surface area contributed by atoms with E-state index in [2.05, 4.69) is 4.72 Å². The van der Waals surface area contributed by atoms with Crippen molar-refractivity contribution < 1.29 is 8.42 Å². The van der Waals surface area contributed by atoms with Crippen LogP contribution in [0.25, 0.3) is 11.1 Å². The molecule has 0 aliphatic carbocycles. The zero-order chi connectivity index (χ0) is 16.9. The quantitative estimate of drug-likeness (QED) is 0.596. The maximum absolute atomic E-state index is 11.0. The van der Waals surface area contributed by atoms with E-state index in [1.807, 2.05) is 48.5 Å². The van der Waals surface area contributed by atoms with E-state index in [1.165, 1.54) is 6.26 Å². The smallest absolute Gasteiger partial charge is 0.208 e. The first-order valence-electron chi connectivity index (χ1n) is 7.29. The highest BCUT2D eigenvalue weighted by atomic mass is 32.2. The van der Waals surface area contributed by atoms with Crippen LogP contribution in [0.15, 0.2) is 48.5 Å². The third-order valence-electron chi connectivity index (χ3n) is 3.46. The molecule has 0 spiro atoms. The first kappa shape index (κ1) is 17.6. The number of thiocarbonyl (C=S) groups is 1. The second kappa shape index (κ2) is 7.68. The summed E-state index contributed by atoms with van der Waals surface area (Å²) in [6.45, 7) is 0.449. The maximum atomic E-state index is 11.0. The van der Waals surface area contributed by atoms with Crippen LogP contribution in [0, 0.1) is 0 Å². The van der Waals surface area contributed by atoms with Crippen molar-refractivity contribution in [3.8, 4) is 11.1 Å². The number of nitrogens with two attached hydrogens (primary N) is 1. The number of benzene rings is 2. The van der Waals surface area contributed by atoms with Crippen molar-refractivity contribution in [2.75, 3.05) is 12.8 Å². The monoisotopic (exact) mass is 348 g/mol. The van der Waals surface area contributed by atoms with Gasteiger partial charge in [-0.2, -0.15) is 0 Å². The Kier molecular flexibility index (Phi) is 5.87. The van der Waals surface area contributed by atoms with Crippen LogP contribution in [0.3, 0.4) is 0 Å². The summed E-state index contributed by atoms with van der Waals surface area (Å²) in [7, 11) is -3.11. The second-order valence-corrected chi connectivity index (χ2v) is 7.65. The first-order chi connectivity index (χ1) is 10.9. The minimum atomic E-state index is -3.11. The predicted molar refractivity (Wildman–Crippen MR) is 98.9 cm³/mol. The minimum absolute atomic E-state index is 0.386. The molecular formula is C17H20N2O2S2. The number of aryl methyl sites for hydroxylation is 1. The first-order valence-corrected chi connectivity index (χ1v) is 9.59. The second-order valence-electron chi connectivity index (χ2n) is 5.38. The third kappa shape index (κ3) is 5.42. The fraction of sp³-hybridized carbons (Fsp3) is 0.235. The molecule has 0 bridgehead atoms. The molecule has 4 nitrogen and oxygen atoms in total. The normalized spacial score (nSPS) is 11.3. The van der Waals surface area contributed by atoms with Gasteiger partial charge in [-0.3, -0.25) is 0 Å². The zero-order valence-corrected chi connectivity index (χ0v) is 14.6. The topological polar surface area (TPSA) is 72.2 Å². The summed E-state index contributed by atoms with van der Waals surface area (Å²) in [6, 6.07) is 16.0. The lowest BCUT2D eigenvalue weighted by atomic mass is 9.98. The molecule has 0 unspecified atom stereocenters. The summed E-state index contributed by atoms with van der Waals surface area (Å²) in [5, 5.41) is 0. The van der Waals surface area contributed by atoms with Crippen molar-refractivity contribution >= 4 is 27.2 Å². The molecular weight excluding hydrogens is 328 g/mol. The van der Waals surface area contributed by atoms with Crippen LogP contribution >= 0.6 is 12.2 Å².